The van der Waals surface area contributed by atoms with E-state index in [9.17, 15) is 12.8 Å². The van der Waals surface area contributed by atoms with Crippen molar-refractivity contribution in [2.45, 2.75) is 36.2 Å². The molecular weight excluding hydrogens is 299 g/mol. The lowest BCUT2D eigenvalue weighted by molar-refractivity contribution is 0.404. The minimum absolute atomic E-state index is 0.0997. The van der Waals surface area contributed by atoms with E-state index in [1.165, 1.54) is 16.4 Å². The summed E-state index contributed by atoms with van der Waals surface area (Å²) in [6, 6.07) is 2.39. The van der Waals surface area contributed by atoms with Crippen molar-refractivity contribution in [2.24, 2.45) is 0 Å². The van der Waals surface area contributed by atoms with Gasteiger partial charge in [0.05, 0.1) is 10.6 Å². The molecule has 0 aromatic heterocycles. The Kier molecular flexibility index (Phi) is 4.32. The Morgan fingerprint density at radius 1 is 1.30 bits per heavy atom. The van der Waals surface area contributed by atoms with Crippen molar-refractivity contribution >= 4 is 27.5 Å². The smallest absolute Gasteiger partial charge is 0.243 e. The van der Waals surface area contributed by atoms with Crippen LogP contribution in [0.5, 0.6) is 0 Å². The summed E-state index contributed by atoms with van der Waals surface area (Å²) in [6.45, 7) is 6.53. The zero-order valence-corrected chi connectivity index (χ0v) is 13.4. The molecule has 1 aromatic rings. The third-order valence-electron chi connectivity index (χ3n) is 3.30. The van der Waals surface area contributed by atoms with Crippen LogP contribution in [-0.2, 0) is 10.0 Å². The first-order chi connectivity index (χ1) is 9.21. The number of nitrogens with zero attached hydrogens (tertiary/aromatic N) is 1. The SMILES string of the molecule is Cc1cc(F)c(N)cc1S(=O)(=O)N1CC(C)SC(C)C1. The average molecular weight is 318 g/mol. The Morgan fingerprint density at radius 2 is 1.85 bits per heavy atom. The van der Waals surface area contributed by atoms with Gasteiger partial charge in [0.1, 0.15) is 5.82 Å². The second kappa shape index (κ2) is 5.54. The van der Waals surface area contributed by atoms with E-state index in [1.807, 2.05) is 13.8 Å². The third kappa shape index (κ3) is 2.94. The zero-order chi connectivity index (χ0) is 15.1. The van der Waals surface area contributed by atoms with E-state index in [4.69, 9.17) is 5.73 Å². The molecule has 1 fully saturated rings. The molecular formula is C13H19FN2O2S2. The summed E-state index contributed by atoms with van der Waals surface area (Å²) in [6.07, 6.45) is 0. The lowest BCUT2D eigenvalue weighted by atomic mass is 10.2. The summed E-state index contributed by atoms with van der Waals surface area (Å²) in [5, 5.41) is 0.484. The van der Waals surface area contributed by atoms with E-state index in [0.29, 0.717) is 18.7 Å². The van der Waals surface area contributed by atoms with Gasteiger partial charge in [0.25, 0.3) is 0 Å². The highest BCUT2D eigenvalue weighted by Crippen LogP contribution is 2.31. The van der Waals surface area contributed by atoms with Gasteiger partial charge in [-0.05, 0) is 24.6 Å². The predicted molar refractivity (Wildman–Crippen MR) is 80.8 cm³/mol. The van der Waals surface area contributed by atoms with Crippen molar-refractivity contribution in [3.63, 3.8) is 0 Å². The molecule has 0 saturated carbocycles. The molecule has 2 unspecified atom stereocenters. The van der Waals surface area contributed by atoms with Gasteiger partial charge in [-0.3, -0.25) is 0 Å². The number of aryl methyl sites for hydroxylation is 1. The minimum atomic E-state index is -3.62. The van der Waals surface area contributed by atoms with Crippen LogP contribution in [0.25, 0.3) is 0 Å². The molecule has 1 heterocycles. The largest absolute Gasteiger partial charge is 0.396 e. The van der Waals surface area contributed by atoms with E-state index >= 15 is 0 Å². The number of rotatable bonds is 2. The fraction of sp³-hybridized carbons (Fsp3) is 0.538. The van der Waals surface area contributed by atoms with E-state index in [0.717, 1.165) is 0 Å². The highest BCUT2D eigenvalue weighted by molar-refractivity contribution is 8.00. The van der Waals surface area contributed by atoms with E-state index < -0.39 is 15.8 Å². The Balaban J connectivity index is 2.42. The molecule has 1 aromatic carbocycles. The maximum atomic E-state index is 13.4. The second-order valence-corrected chi connectivity index (χ2v) is 9.01. The lowest BCUT2D eigenvalue weighted by Gasteiger charge is -2.34. The highest BCUT2D eigenvalue weighted by Gasteiger charge is 2.33. The van der Waals surface area contributed by atoms with E-state index in [2.05, 4.69) is 0 Å². The topological polar surface area (TPSA) is 63.4 Å². The summed E-state index contributed by atoms with van der Waals surface area (Å²) < 4.78 is 40.3. The summed E-state index contributed by atoms with van der Waals surface area (Å²) >= 11 is 1.78. The van der Waals surface area contributed by atoms with E-state index in [-0.39, 0.29) is 21.1 Å². The van der Waals surface area contributed by atoms with Crippen LogP contribution in [0.4, 0.5) is 10.1 Å². The monoisotopic (exact) mass is 318 g/mol. The van der Waals surface area contributed by atoms with Gasteiger partial charge < -0.3 is 5.73 Å². The number of halogens is 1. The van der Waals surface area contributed by atoms with E-state index in [1.54, 1.807) is 18.7 Å². The fourth-order valence-corrected chi connectivity index (χ4v) is 5.79. The second-order valence-electron chi connectivity index (χ2n) is 5.22. The molecule has 0 spiro atoms. The molecule has 0 radical (unpaired) electrons. The van der Waals surface area contributed by atoms with Crippen molar-refractivity contribution < 1.29 is 12.8 Å². The number of nitrogens with two attached hydrogens (primary N) is 1. The maximum absolute atomic E-state index is 13.4. The molecule has 0 bridgehead atoms. The number of sulfonamides is 1. The highest BCUT2D eigenvalue weighted by atomic mass is 32.2. The number of thioether (sulfide) groups is 1. The molecule has 0 amide bonds. The molecule has 1 aliphatic heterocycles. The molecule has 0 aliphatic carbocycles. The Morgan fingerprint density at radius 3 is 2.40 bits per heavy atom. The Labute approximate surface area is 123 Å². The number of hydrogen-bond acceptors (Lipinski definition) is 4. The van der Waals surface area contributed by atoms with Crippen LogP contribution < -0.4 is 5.73 Å². The van der Waals surface area contributed by atoms with Gasteiger partial charge in [-0.1, -0.05) is 13.8 Å². The van der Waals surface area contributed by atoms with Crippen molar-refractivity contribution in [2.75, 3.05) is 18.8 Å². The first-order valence-corrected chi connectivity index (χ1v) is 8.81. The average Bonchev–Trinajstić information content (AvgIpc) is 2.32. The van der Waals surface area contributed by atoms with Gasteiger partial charge in [-0.15, -0.1) is 0 Å². The standard InChI is InChI=1S/C13H19FN2O2S2/c1-8-4-11(14)12(15)5-13(8)20(17,18)16-6-9(2)19-10(3)7-16/h4-5,9-10H,6-7,15H2,1-3H3. The molecule has 2 atom stereocenters. The van der Waals surface area contributed by atoms with Crippen LogP contribution in [0.2, 0.25) is 0 Å². The molecule has 2 N–H and O–H groups in total. The summed E-state index contributed by atoms with van der Waals surface area (Å²) in [5.74, 6) is -0.586. The molecule has 1 aliphatic rings. The van der Waals surface area contributed by atoms with Gasteiger partial charge in [0, 0.05) is 23.6 Å². The van der Waals surface area contributed by atoms with Crippen LogP contribution in [0.15, 0.2) is 17.0 Å². The van der Waals surface area contributed by atoms with Gasteiger partial charge in [-0.25, -0.2) is 12.8 Å². The minimum Gasteiger partial charge on any atom is -0.396 e. The first kappa shape index (κ1) is 15.6. The molecule has 112 valence electrons. The van der Waals surface area contributed by atoms with Crippen molar-refractivity contribution in [3.05, 3.63) is 23.5 Å². The number of nitrogen functional groups attached to an aromatic ring is 1. The van der Waals surface area contributed by atoms with Crippen LogP contribution in [-0.4, -0.2) is 36.3 Å². The van der Waals surface area contributed by atoms with Crippen LogP contribution in [0.1, 0.15) is 19.4 Å². The van der Waals surface area contributed by atoms with Gasteiger partial charge in [0.2, 0.25) is 10.0 Å². The van der Waals surface area contributed by atoms with Gasteiger partial charge >= 0.3 is 0 Å². The number of hydrogen-bond donors (Lipinski definition) is 1. The van der Waals surface area contributed by atoms with Crippen molar-refractivity contribution in [1.29, 1.82) is 0 Å². The number of anilines is 1. The molecule has 1 saturated heterocycles. The van der Waals surface area contributed by atoms with Crippen molar-refractivity contribution in [3.8, 4) is 0 Å². The fourth-order valence-electron chi connectivity index (χ4n) is 2.41. The number of benzene rings is 1. The summed E-state index contributed by atoms with van der Waals surface area (Å²) in [5.41, 5.74) is 5.76. The lowest BCUT2D eigenvalue weighted by Crippen LogP contribution is -2.44. The van der Waals surface area contributed by atoms with Crippen molar-refractivity contribution in [1.82, 2.24) is 4.31 Å². The maximum Gasteiger partial charge on any atom is 0.243 e. The van der Waals surface area contributed by atoms with Crippen LogP contribution in [0.3, 0.4) is 0 Å². The Bertz CT molecular complexity index is 609. The predicted octanol–water partition coefficient (Wildman–Crippen LogP) is 2.23. The molecule has 4 nitrogen and oxygen atoms in total. The Hall–Kier alpha value is -0.790. The molecule has 20 heavy (non-hydrogen) atoms. The third-order valence-corrected chi connectivity index (χ3v) is 6.50. The summed E-state index contributed by atoms with van der Waals surface area (Å²) in [4.78, 5) is 0.0997. The van der Waals surface area contributed by atoms with Crippen LogP contribution >= 0.6 is 11.8 Å². The first-order valence-electron chi connectivity index (χ1n) is 6.43. The molecule has 2 rings (SSSR count). The zero-order valence-electron chi connectivity index (χ0n) is 11.8. The normalized spacial score (nSPS) is 24.8. The summed E-state index contributed by atoms with van der Waals surface area (Å²) in [7, 11) is -3.62. The quantitative estimate of drug-likeness (QED) is 0.849. The molecule has 7 heteroatoms. The van der Waals surface area contributed by atoms with Gasteiger partial charge in [0.15, 0.2) is 0 Å². The van der Waals surface area contributed by atoms with Gasteiger partial charge in [-0.2, -0.15) is 16.1 Å². The van der Waals surface area contributed by atoms with Crippen LogP contribution in [0, 0.1) is 12.7 Å².